The van der Waals surface area contributed by atoms with Crippen LogP contribution in [-0.2, 0) is 0 Å². The predicted octanol–water partition coefficient (Wildman–Crippen LogP) is 16.0. The standard InChI is InChI=1S/C54H38N4.2C2H6/c1-35-16-20-37(21-17-35)48-34-49(38-22-18-36(2)19-23-38)56-54(55-48)39-24-28-43(29-25-39)58-50-14-8-6-12-44(50)46-30-26-41(33-53(46)58)40-27-31-52-47(32-40)45-13-7-9-15-51(45)57(52)42-10-4-3-5-11-42;2*1-2/h3-34H,1-2H3;2*1-2H3. The molecule has 0 unspecified atom stereocenters. The highest BCUT2D eigenvalue weighted by Gasteiger charge is 2.17. The van der Waals surface area contributed by atoms with E-state index in [9.17, 15) is 0 Å². The Morgan fingerprint density at radius 2 is 0.726 bits per heavy atom. The van der Waals surface area contributed by atoms with Gasteiger partial charge in [-0.3, -0.25) is 0 Å². The summed E-state index contributed by atoms with van der Waals surface area (Å²) in [6.45, 7) is 12.2. The Bertz CT molecular complexity index is 3250. The van der Waals surface area contributed by atoms with E-state index in [1.807, 2.05) is 27.7 Å². The molecule has 11 aromatic rings. The van der Waals surface area contributed by atoms with E-state index in [-0.39, 0.29) is 0 Å². The van der Waals surface area contributed by atoms with Gasteiger partial charge in [0.15, 0.2) is 5.82 Å². The maximum atomic E-state index is 5.12. The molecule has 0 saturated heterocycles. The van der Waals surface area contributed by atoms with Crippen LogP contribution >= 0.6 is 0 Å². The summed E-state index contributed by atoms with van der Waals surface area (Å²) in [4.78, 5) is 10.2. The summed E-state index contributed by atoms with van der Waals surface area (Å²) < 4.78 is 4.76. The topological polar surface area (TPSA) is 35.6 Å². The molecule has 0 spiro atoms. The van der Waals surface area contributed by atoms with Gasteiger partial charge in [0.25, 0.3) is 0 Å². The van der Waals surface area contributed by atoms with Crippen molar-refractivity contribution in [3.63, 3.8) is 0 Å². The molecule has 62 heavy (non-hydrogen) atoms. The third-order valence-electron chi connectivity index (χ3n) is 11.5. The lowest BCUT2D eigenvalue weighted by atomic mass is 10.0. The fourth-order valence-corrected chi connectivity index (χ4v) is 8.52. The average Bonchev–Trinajstić information content (AvgIpc) is 3.85. The molecular weight excluding hydrogens is 753 g/mol. The van der Waals surface area contributed by atoms with Crippen LogP contribution in [0.4, 0.5) is 0 Å². The Hall–Kier alpha value is -7.56. The highest BCUT2D eigenvalue weighted by molar-refractivity contribution is 6.12. The quantitative estimate of drug-likeness (QED) is 0.168. The zero-order valence-electron chi connectivity index (χ0n) is 36.3. The predicted molar refractivity (Wildman–Crippen MR) is 265 cm³/mol. The second-order valence-electron chi connectivity index (χ2n) is 15.2. The summed E-state index contributed by atoms with van der Waals surface area (Å²) >= 11 is 0. The highest BCUT2D eigenvalue weighted by atomic mass is 15.0. The zero-order chi connectivity index (χ0) is 42.7. The summed E-state index contributed by atoms with van der Waals surface area (Å²) in [5.41, 5.74) is 16.7. The van der Waals surface area contributed by atoms with Crippen LogP contribution in [-0.4, -0.2) is 19.1 Å². The number of para-hydroxylation sites is 3. The summed E-state index contributed by atoms with van der Waals surface area (Å²) in [6, 6.07) is 69.8. The molecule has 0 fully saturated rings. The minimum absolute atomic E-state index is 0.703. The average molecular weight is 803 g/mol. The van der Waals surface area contributed by atoms with Crippen molar-refractivity contribution in [3.8, 4) is 56.4 Å². The number of rotatable bonds is 6. The first-order valence-corrected chi connectivity index (χ1v) is 21.8. The van der Waals surface area contributed by atoms with Crippen LogP contribution in [0, 0.1) is 13.8 Å². The number of hydrogen-bond donors (Lipinski definition) is 0. The SMILES string of the molecule is CC.CC.Cc1ccc(-c2cc(-c3ccc(C)cc3)nc(-c3ccc(-n4c5ccccc5c5ccc(-c6ccc7c(c6)c6ccccc6n7-c6ccccc6)cc54)cc3)n2)cc1. The van der Waals surface area contributed by atoms with E-state index in [1.54, 1.807) is 0 Å². The Morgan fingerprint density at radius 3 is 1.32 bits per heavy atom. The van der Waals surface area contributed by atoms with Gasteiger partial charge in [0, 0.05) is 49.6 Å². The van der Waals surface area contributed by atoms with Crippen LogP contribution in [0.15, 0.2) is 194 Å². The van der Waals surface area contributed by atoms with Crippen molar-refractivity contribution in [3.05, 3.63) is 205 Å². The molecule has 4 heteroatoms. The van der Waals surface area contributed by atoms with Crippen molar-refractivity contribution in [1.29, 1.82) is 0 Å². The zero-order valence-corrected chi connectivity index (χ0v) is 36.3. The lowest BCUT2D eigenvalue weighted by Gasteiger charge is -2.12. The van der Waals surface area contributed by atoms with Crippen molar-refractivity contribution in [1.82, 2.24) is 19.1 Å². The molecule has 0 aliphatic heterocycles. The van der Waals surface area contributed by atoms with Crippen LogP contribution in [0.3, 0.4) is 0 Å². The second-order valence-corrected chi connectivity index (χ2v) is 15.2. The second kappa shape index (κ2) is 17.2. The fraction of sp³-hybridized carbons (Fsp3) is 0.103. The summed E-state index contributed by atoms with van der Waals surface area (Å²) in [5.74, 6) is 0.703. The Kier molecular flexibility index (Phi) is 11.1. The van der Waals surface area contributed by atoms with Gasteiger partial charge in [0.05, 0.1) is 33.5 Å². The van der Waals surface area contributed by atoms with Crippen LogP contribution in [0.2, 0.25) is 0 Å². The third kappa shape index (κ3) is 7.24. The molecule has 0 radical (unpaired) electrons. The highest BCUT2D eigenvalue weighted by Crippen LogP contribution is 2.38. The van der Waals surface area contributed by atoms with Gasteiger partial charge in [-0.15, -0.1) is 0 Å². The molecule has 0 aliphatic carbocycles. The van der Waals surface area contributed by atoms with E-state index in [1.165, 1.54) is 60.3 Å². The van der Waals surface area contributed by atoms with Gasteiger partial charge in [-0.1, -0.05) is 160 Å². The Morgan fingerprint density at radius 1 is 0.306 bits per heavy atom. The number of aryl methyl sites for hydroxylation is 2. The number of hydrogen-bond acceptors (Lipinski definition) is 2. The summed E-state index contributed by atoms with van der Waals surface area (Å²) in [6.07, 6.45) is 0. The molecule has 11 rings (SSSR count). The van der Waals surface area contributed by atoms with Crippen LogP contribution < -0.4 is 0 Å². The van der Waals surface area contributed by atoms with Gasteiger partial charge in [0.2, 0.25) is 0 Å². The number of fused-ring (bicyclic) bond motifs is 6. The van der Waals surface area contributed by atoms with E-state index >= 15 is 0 Å². The largest absolute Gasteiger partial charge is 0.309 e. The molecule has 302 valence electrons. The molecular formula is C58H50N4. The maximum Gasteiger partial charge on any atom is 0.160 e. The summed E-state index contributed by atoms with van der Waals surface area (Å²) in [7, 11) is 0. The van der Waals surface area contributed by atoms with Gasteiger partial charge in [0.1, 0.15) is 0 Å². The molecule has 0 saturated carbocycles. The number of aromatic nitrogens is 4. The summed E-state index contributed by atoms with van der Waals surface area (Å²) in [5, 5.41) is 4.94. The lowest BCUT2D eigenvalue weighted by Crippen LogP contribution is -1.97. The maximum absolute atomic E-state index is 5.12. The minimum atomic E-state index is 0.703. The molecule has 3 aromatic heterocycles. The lowest BCUT2D eigenvalue weighted by molar-refractivity contribution is 1.16. The molecule has 4 nitrogen and oxygen atoms in total. The van der Waals surface area contributed by atoms with Crippen LogP contribution in [0.5, 0.6) is 0 Å². The van der Waals surface area contributed by atoms with Crippen LogP contribution in [0.1, 0.15) is 38.8 Å². The molecule has 0 bridgehead atoms. The van der Waals surface area contributed by atoms with Crippen molar-refractivity contribution < 1.29 is 0 Å². The molecule has 8 aromatic carbocycles. The van der Waals surface area contributed by atoms with Gasteiger partial charge in [-0.05, 0) is 97.8 Å². The molecule has 0 aliphatic rings. The van der Waals surface area contributed by atoms with Crippen molar-refractivity contribution in [2.24, 2.45) is 0 Å². The first-order valence-electron chi connectivity index (χ1n) is 21.8. The van der Waals surface area contributed by atoms with Crippen LogP contribution in [0.25, 0.3) is 100 Å². The number of benzene rings is 8. The normalized spacial score (nSPS) is 11.1. The first-order chi connectivity index (χ1) is 30.6. The molecule has 0 N–H and O–H groups in total. The number of nitrogens with zero attached hydrogens (tertiary/aromatic N) is 4. The van der Waals surface area contributed by atoms with Gasteiger partial charge < -0.3 is 9.13 Å². The van der Waals surface area contributed by atoms with Gasteiger partial charge >= 0.3 is 0 Å². The van der Waals surface area contributed by atoms with E-state index in [0.29, 0.717) is 5.82 Å². The Balaban J connectivity index is 0.00000119. The molecule has 0 amide bonds. The fourth-order valence-electron chi connectivity index (χ4n) is 8.52. The van der Waals surface area contributed by atoms with E-state index < -0.39 is 0 Å². The van der Waals surface area contributed by atoms with E-state index in [2.05, 4.69) is 217 Å². The van der Waals surface area contributed by atoms with E-state index in [0.717, 1.165) is 45.0 Å². The molecule has 3 heterocycles. The smallest absolute Gasteiger partial charge is 0.160 e. The first kappa shape index (κ1) is 39.9. The molecule has 0 atom stereocenters. The van der Waals surface area contributed by atoms with Gasteiger partial charge in [-0.2, -0.15) is 0 Å². The Labute approximate surface area is 364 Å². The third-order valence-corrected chi connectivity index (χ3v) is 11.5. The van der Waals surface area contributed by atoms with Crippen molar-refractivity contribution in [2.45, 2.75) is 41.5 Å². The van der Waals surface area contributed by atoms with E-state index in [4.69, 9.17) is 9.97 Å². The van der Waals surface area contributed by atoms with Crippen molar-refractivity contribution >= 4 is 43.6 Å². The minimum Gasteiger partial charge on any atom is -0.309 e. The monoisotopic (exact) mass is 802 g/mol. The van der Waals surface area contributed by atoms with Crippen molar-refractivity contribution in [2.75, 3.05) is 0 Å². The van der Waals surface area contributed by atoms with Gasteiger partial charge in [-0.25, -0.2) is 9.97 Å².